The van der Waals surface area contributed by atoms with Gasteiger partial charge in [0.25, 0.3) is 0 Å². The molecule has 0 amide bonds. The molecular weight excluding hydrogens is 198 g/mol. The Morgan fingerprint density at radius 1 is 1.57 bits per heavy atom. The number of nitrogens with zero attached hydrogens (tertiary/aromatic N) is 3. The Hall–Kier alpha value is -0.700. The number of aryl methyl sites for hydroxylation is 1. The zero-order valence-electron chi connectivity index (χ0n) is 8.65. The van der Waals surface area contributed by atoms with Gasteiger partial charge in [0.05, 0.1) is 5.38 Å². The van der Waals surface area contributed by atoms with Crippen molar-refractivity contribution in [2.45, 2.75) is 18.7 Å². The van der Waals surface area contributed by atoms with E-state index in [-0.39, 0.29) is 5.38 Å². The minimum Gasteiger partial charge on any atom is -0.341 e. The molecule has 14 heavy (non-hydrogen) atoms. The molecule has 1 aliphatic rings. The van der Waals surface area contributed by atoms with Crippen molar-refractivity contribution in [1.82, 2.24) is 9.55 Å². The fourth-order valence-corrected chi connectivity index (χ4v) is 2.16. The predicted octanol–water partition coefficient (Wildman–Crippen LogP) is 1.87. The summed E-state index contributed by atoms with van der Waals surface area (Å²) in [6.07, 6.45) is 4.95. The lowest BCUT2D eigenvalue weighted by atomic mass is 9.99. The van der Waals surface area contributed by atoms with Gasteiger partial charge >= 0.3 is 0 Å². The largest absolute Gasteiger partial charge is 0.341 e. The van der Waals surface area contributed by atoms with Gasteiger partial charge in [-0.3, -0.25) is 0 Å². The van der Waals surface area contributed by atoms with Crippen molar-refractivity contribution < 1.29 is 0 Å². The molecule has 1 aromatic heterocycles. The van der Waals surface area contributed by atoms with Gasteiger partial charge in [-0.2, -0.15) is 0 Å². The average molecular weight is 214 g/mol. The molecule has 1 aromatic rings. The Labute approximate surface area is 89.7 Å². The molecule has 4 heteroatoms. The first-order valence-corrected chi connectivity index (χ1v) is 5.48. The second-order valence-corrected chi connectivity index (χ2v) is 4.63. The van der Waals surface area contributed by atoms with E-state index >= 15 is 0 Å². The van der Waals surface area contributed by atoms with Gasteiger partial charge < -0.3 is 9.47 Å². The molecule has 2 atom stereocenters. The second-order valence-electron chi connectivity index (χ2n) is 4.07. The van der Waals surface area contributed by atoms with Gasteiger partial charge in [0.1, 0.15) is 0 Å². The van der Waals surface area contributed by atoms with Crippen LogP contribution in [-0.4, -0.2) is 28.0 Å². The normalized spacial score (nSPS) is 28.1. The molecule has 0 radical (unpaired) electrons. The summed E-state index contributed by atoms with van der Waals surface area (Å²) < 4.78 is 2.04. The maximum Gasteiger partial charge on any atom is 0.205 e. The molecule has 3 nitrogen and oxygen atoms in total. The number of piperidine rings is 1. The monoisotopic (exact) mass is 213 g/mol. The van der Waals surface area contributed by atoms with E-state index in [1.165, 1.54) is 0 Å². The highest BCUT2D eigenvalue weighted by molar-refractivity contribution is 6.21. The van der Waals surface area contributed by atoms with Gasteiger partial charge in [0, 0.05) is 32.5 Å². The van der Waals surface area contributed by atoms with Crippen LogP contribution in [-0.2, 0) is 7.05 Å². The summed E-state index contributed by atoms with van der Waals surface area (Å²) in [5.41, 5.74) is 0. The van der Waals surface area contributed by atoms with Gasteiger partial charge in [0.2, 0.25) is 5.95 Å². The third-order valence-corrected chi connectivity index (χ3v) is 3.51. The lowest BCUT2D eigenvalue weighted by Crippen LogP contribution is -2.41. The fourth-order valence-electron chi connectivity index (χ4n) is 1.87. The first-order valence-electron chi connectivity index (χ1n) is 5.05. The number of anilines is 1. The Bertz CT molecular complexity index is 310. The van der Waals surface area contributed by atoms with E-state index in [9.17, 15) is 0 Å². The van der Waals surface area contributed by atoms with Crippen molar-refractivity contribution in [1.29, 1.82) is 0 Å². The van der Waals surface area contributed by atoms with Crippen LogP contribution in [0, 0.1) is 5.92 Å². The maximum absolute atomic E-state index is 6.25. The van der Waals surface area contributed by atoms with E-state index < -0.39 is 0 Å². The summed E-state index contributed by atoms with van der Waals surface area (Å²) in [4.78, 5) is 6.59. The van der Waals surface area contributed by atoms with E-state index in [0.717, 1.165) is 25.5 Å². The molecule has 0 aromatic carbocycles. The number of imidazole rings is 1. The number of rotatable bonds is 1. The number of alkyl halides is 1. The fraction of sp³-hybridized carbons (Fsp3) is 0.700. The Morgan fingerprint density at radius 3 is 2.93 bits per heavy atom. The van der Waals surface area contributed by atoms with Crippen LogP contribution < -0.4 is 4.90 Å². The molecule has 0 spiro atoms. The van der Waals surface area contributed by atoms with Gasteiger partial charge in [0.15, 0.2) is 0 Å². The highest BCUT2D eigenvalue weighted by Crippen LogP contribution is 2.24. The summed E-state index contributed by atoms with van der Waals surface area (Å²) >= 11 is 6.25. The molecule has 0 aliphatic carbocycles. The zero-order chi connectivity index (χ0) is 10.1. The van der Waals surface area contributed by atoms with Gasteiger partial charge in [-0.25, -0.2) is 4.98 Å². The van der Waals surface area contributed by atoms with Crippen molar-refractivity contribution in [3.8, 4) is 0 Å². The molecule has 0 saturated carbocycles. The number of aromatic nitrogens is 2. The third kappa shape index (κ3) is 1.73. The summed E-state index contributed by atoms with van der Waals surface area (Å²) in [7, 11) is 2.02. The van der Waals surface area contributed by atoms with Crippen LogP contribution in [0.1, 0.15) is 13.3 Å². The lowest BCUT2D eigenvalue weighted by Gasteiger charge is -2.34. The molecular formula is C10H16ClN3. The summed E-state index contributed by atoms with van der Waals surface area (Å²) in [5, 5.41) is 0.250. The minimum absolute atomic E-state index is 0.250. The van der Waals surface area contributed by atoms with Crippen molar-refractivity contribution in [2.24, 2.45) is 13.0 Å². The summed E-state index contributed by atoms with van der Waals surface area (Å²) in [6.45, 7) is 4.19. The molecule has 1 fully saturated rings. The Balaban J connectivity index is 2.10. The van der Waals surface area contributed by atoms with E-state index in [1.807, 2.05) is 24.0 Å². The van der Waals surface area contributed by atoms with Crippen LogP contribution in [0.15, 0.2) is 12.4 Å². The summed E-state index contributed by atoms with van der Waals surface area (Å²) in [6, 6.07) is 0. The van der Waals surface area contributed by atoms with Crippen LogP contribution in [0.4, 0.5) is 5.95 Å². The molecule has 1 aliphatic heterocycles. The molecule has 1 saturated heterocycles. The molecule has 0 bridgehead atoms. The number of halogens is 1. The van der Waals surface area contributed by atoms with E-state index in [1.54, 1.807) is 0 Å². The minimum atomic E-state index is 0.250. The van der Waals surface area contributed by atoms with E-state index in [0.29, 0.717) is 5.92 Å². The van der Waals surface area contributed by atoms with Crippen molar-refractivity contribution >= 4 is 17.5 Å². The van der Waals surface area contributed by atoms with Crippen LogP contribution in [0.25, 0.3) is 0 Å². The van der Waals surface area contributed by atoms with E-state index in [4.69, 9.17) is 11.6 Å². The van der Waals surface area contributed by atoms with Crippen LogP contribution in [0.2, 0.25) is 0 Å². The van der Waals surface area contributed by atoms with Crippen LogP contribution >= 0.6 is 11.6 Å². The maximum atomic E-state index is 6.25. The summed E-state index contributed by atoms with van der Waals surface area (Å²) in [5.74, 6) is 1.65. The average Bonchev–Trinajstić information content (AvgIpc) is 2.57. The van der Waals surface area contributed by atoms with E-state index in [2.05, 4.69) is 16.8 Å². The number of hydrogen-bond donors (Lipinski definition) is 0. The molecule has 0 N–H and O–H groups in total. The molecule has 2 heterocycles. The Morgan fingerprint density at radius 2 is 2.36 bits per heavy atom. The van der Waals surface area contributed by atoms with Crippen molar-refractivity contribution in [3.63, 3.8) is 0 Å². The first-order chi connectivity index (χ1) is 6.68. The highest BCUT2D eigenvalue weighted by Gasteiger charge is 2.25. The topological polar surface area (TPSA) is 21.1 Å². The second kappa shape index (κ2) is 3.81. The third-order valence-electron chi connectivity index (χ3n) is 2.95. The number of hydrogen-bond acceptors (Lipinski definition) is 2. The molecule has 2 unspecified atom stereocenters. The van der Waals surface area contributed by atoms with Crippen LogP contribution in [0.3, 0.4) is 0 Å². The van der Waals surface area contributed by atoms with Gasteiger partial charge in [-0.1, -0.05) is 6.92 Å². The predicted molar refractivity (Wildman–Crippen MR) is 58.8 cm³/mol. The quantitative estimate of drug-likeness (QED) is 0.665. The molecule has 78 valence electrons. The molecule has 2 rings (SSSR count). The first kappa shape index (κ1) is 9.84. The van der Waals surface area contributed by atoms with Gasteiger partial charge in [-0.15, -0.1) is 11.6 Å². The van der Waals surface area contributed by atoms with Gasteiger partial charge in [-0.05, 0) is 12.3 Å². The SMILES string of the molecule is CC1CCN(c2nccn2C)CC1Cl. The van der Waals surface area contributed by atoms with Crippen LogP contribution in [0.5, 0.6) is 0 Å². The van der Waals surface area contributed by atoms with Crippen molar-refractivity contribution in [2.75, 3.05) is 18.0 Å². The Kier molecular flexibility index (Phi) is 2.68. The lowest BCUT2D eigenvalue weighted by molar-refractivity contribution is 0.439. The smallest absolute Gasteiger partial charge is 0.205 e. The van der Waals surface area contributed by atoms with Crippen molar-refractivity contribution in [3.05, 3.63) is 12.4 Å². The standard InChI is InChI=1S/C10H16ClN3/c1-8-3-5-14(7-9(8)11)10-12-4-6-13(10)2/h4,6,8-9H,3,5,7H2,1-2H3. The highest BCUT2D eigenvalue weighted by atomic mass is 35.5. The zero-order valence-corrected chi connectivity index (χ0v) is 9.41.